The number of hydrogen-bond donors (Lipinski definition) is 1. The van der Waals surface area contributed by atoms with Crippen molar-refractivity contribution in [1.29, 1.82) is 0 Å². The van der Waals surface area contributed by atoms with Gasteiger partial charge >= 0.3 is 0 Å². The molecule has 0 heterocycles. The fourth-order valence-corrected chi connectivity index (χ4v) is 2.01. The van der Waals surface area contributed by atoms with Gasteiger partial charge < -0.3 is 5.73 Å². The molecule has 0 bridgehead atoms. The normalized spacial score (nSPS) is 21.4. The summed E-state index contributed by atoms with van der Waals surface area (Å²) in [6, 6.07) is 0. The molecule has 1 rings (SSSR count). The van der Waals surface area contributed by atoms with Gasteiger partial charge in [0.15, 0.2) is 5.78 Å². The minimum atomic E-state index is -0.337. The number of hydrogen-bond acceptors (Lipinski definition) is 2. The van der Waals surface area contributed by atoms with E-state index in [-0.39, 0.29) is 11.2 Å². The summed E-state index contributed by atoms with van der Waals surface area (Å²) < 4.78 is 0. The number of nitrogens with two attached hydrogens (primary N) is 1. The highest BCUT2D eigenvalue weighted by Crippen LogP contribution is 2.28. The van der Waals surface area contributed by atoms with Crippen molar-refractivity contribution in [3.05, 3.63) is 11.6 Å². The van der Waals surface area contributed by atoms with Crippen LogP contribution in [0.15, 0.2) is 11.6 Å². The minimum Gasteiger partial charge on any atom is -0.329 e. The maximum atomic E-state index is 12.3. The fourth-order valence-electron chi connectivity index (χ4n) is 2.01. The molecule has 0 spiro atoms. The maximum absolute atomic E-state index is 12.3. The van der Waals surface area contributed by atoms with Gasteiger partial charge in [0, 0.05) is 12.0 Å². The standard InChI is InChI=1S/C13H23NO/c1-3-13(2,10-14)12(15)11-8-6-4-5-7-9-11/h8H,3-7,9-10,14H2,1-2H3. The molecule has 1 aliphatic carbocycles. The predicted molar refractivity (Wildman–Crippen MR) is 63.6 cm³/mol. The van der Waals surface area contributed by atoms with Gasteiger partial charge in [-0.05, 0) is 37.7 Å². The number of Topliss-reactive ketones (excluding diaryl/α,β-unsaturated/α-hetero) is 1. The summed E-state index contributed by atoms with van der Waals surface area (Å²) in [5.74, 6) is 0.286. The highest BCUT2D eigenvalue weighted by molar-refractivity contribution is 5.99. The predicted octanol–water partition coefficient (Wildman–Crippen LogP) is 2.82. The molecule has 0 aromatic heterocycles. The third-order valence-electron chi connectivity index (χ3n) is 3.61. The van der Waals surface area contributed by atoms with Gasteiger partial charge in [-0.2, -0.15) is 0 Å². The van der Waals surface area contributed by atoms with Crippen LogP contribution in [0, 0.1) is 5.41 Å². The van der Waals surface area contributed by atoms with E-state index in [9.17, 15) is 4.79 Å². The summed E-state index contributed by atoms with van der Waals surface area (Å²) in [7, 11) is 0. The largest absolute Gasteiger partial charge is 0.329 e. The Morgan fingerprint density at radius 2 is 2.20 bits per heavy atom. The Balaban J connectivity index is 2.77. The summed E-state index contributed by atoms with van der Waals surface area (Å²) in [5.41, 5.74) is 6.41. The van der Waals surface area contributed by atoms with Crippen molar-refractivity contribution in [2.75, 3.05) is 6.54 Å². The van der Waals surface area contributed by atoms with Crippen LogP contribution in [0.4, 0.5) is 0 Å². The Labute approximate surface area is 92.9 Å². The van der Waals surface area contributed by atoms with Crippen molar-refractivity contribution in [3.8, 4) is 0 Å². The van der Waals surface area contributed by atoms with E-state index in [2.05, 4.69) is 6.08 Å². The maximum Gasteiger partial charge on any atom is 0.165 e. The molecule has 1 unspecified atom stereocenters. The lowest BCUT2D eigenvalue weighted by Crippen LogP contribution is -2.36. The molecule has 1 atom stereocenters. The highest BCUT2D eigenvalue weighted by Gasteiger charge is 2.31. The van der Waals surface area contributed by atoms with Crippen LogP contribution >= 0.6 is 0 Å². The van der Waals surface area contributed by atoms with Crippen LogP contribution in [-0.4, -0.2) is 12.3 Å². The van der Waals surface area contributed by atoms with Gasteiger partial charge in [0.25, 0.3) is 0 Å². The Kier molecular flexibility index (Phi) is 4.52. The Morgan fingerprint density at radius 3 is 2.80 bits per heavy atom. The molecule has 0 aromatic rings. The van der Waals surface area contributed by atoms with Crippen molar-refractivity contribution >= 4 is 5.78 Å². The molecule has 0 radical (unpaired) electrons. The molecular weight excluding hydrogens is 186 g/mol. The summed E-state index contributed by atoms with van der Waals surface area (Å²) in [5, 5.41) is 0. The first kappa shape index (κ1) is 12.4. The molecule has 2 heteroatoms. The first-order valence-corrected chi connectivity index (χ1v) is 6.08. The van der Waals surface area contributed by atoms with E-state index in [1.54, 1.807) is 0 Å². The van der Waals surface area contributed by atoms with Gasteiger partial charge in [0.2, 0.25) is 0 Å². The lowest BCUT2D eigenvalue weighted by atomic mass is 9.79. The molecule has 0 saturated carbocycles. The fraction of sp³-hybridized carbons (Fsp3) is 0.769. The average Bonchev–Trinajstić information content (AvgIpc) is 2.55. The lowest BCUT2D eigenvalue weighted by molar-refractivity contribution is -0.123. The number of carbonyl (C=O) groups is 1. The van der Waals surface area contributed by atoms with Crippen LogP contribution in [0.5, 0.6) is 0 Å². The molecule has 0 amide bonds. The zero-order chi connectivity index (χ0) is 11.3. The van der Waals surface area contributed by atoms with Gasteiger partial charge in [0.1, 0.15) is 0 Å². The highest BCUT2D eigenvalue weighted by atomic mass is 16.1. The molecule has 86 valence electrons. The van der Waals surface area contributed by atoms with Crippen molar-refractivity contribution in [3.63, 3.8) is 0 Å². The molecule has 0 fully saturated rings. The monoisotopic (exact) mass is 209 g/mol. The van der Waals surface area contributed by atoms with E-state index in [1.165, 1.54) is 12.8 Å². The molecule has 2 N–H and O–H groups in total. The molecule has 0 aliphatic heterocycles. The zero-order valence-electron chi connectivity index (χ0n) is 10.0. The van der Waals surface area contributed by atoms with E-state index in [0.717, 1.165) is 31.3 Å². The third kappa shape index (κ3) is 2.91. The Bertz CT molecular complexity index is 251. The second-order valence-corrected chi connectivity index (χ2v) is 4.78. The van der Waals surface area contributed by atoms with Crippen molar-refractivity contribution < 1.29 is 4.79 Å². The van der Waals surface area contributed by atoms with Crippen molar-refractivity contribution in [1.82, 2.24) is 0 Å². The lowest BCUT2D eigenvalue weighted by Gasteiger charge is -2.25. The molecule has 1 aliphatic rings. The molecule has 2 nitrogen and oxygen atoms in total. The summed E-state index contributed by atoms with van der Waals surface area (Å²) in [6.45, 7) is 4.49. The molecule has 0 aromatic carbocycles. The first-order chi connectivity index (χ1) is 7.14. The number of allylic oxidation sites excluding steroid dienone is 2. The van der Waals surface area contributed by atoms with Gasteiger partial charge in [0.05, 0.1) is 0 Å². The second-order valence-electron chi connectivity index (χ2n) is 4.78. The first-order valence-electron chi connectivity index (χ1n) is 6.08. The summed E-state index contributed by atoms with van der Waals surface area (Å²) in [6.07, 6.45) is 8.61. The van der Waals surface area contributed by atoms with Gasteiger partial charge in [-0.1, -0.05) is 26.3 Å². The van der Waals surface area contributed by atoms with E-state index >= 15 is 0 Å². The van der Waals surface area contributed by atoms with E-state index < -0.39 is 0 Å². The number of carbonyl (C=O) groups excluding carboxylic acids is 1. The van der Waals surface area contributed by atoms with Crippen LogP contribution in [0.25, 0.3) is 0 Å². The molecule has 0 saturated heterocycles. The number of ketones is 1. The van der Waals surface area contributed by atoms with Gasteiger partial charge in [-0.3, -0.25) is 4.79 Å². The van der Waals surface area contributed by atoms with Gasteiger partial charge in [-0.15, -0.1) is 0 Å². The summed E-state index contributed by atoms with van der Waals surface area (Å²) >= 11 is 0. The van der Waals surface area contributed by atoms with Crippen molar-refractivity contribution in [2.24, 2.45) is 11.1 Å². The quantitative estimate of drug-likeness (QED) is 0.773. The topological polar surface area (TPSA) is 43.1 Å². The third-order valence-corrected chi connectivity index (χ3v) is 3.61. The zero-order valence-corrected chi connectivity index (χ0v) is 10.0. The molecule has 15 heavy (non-hydrogen) atoms. The van der Waals surface area contributed by atoms with Gasteiger partial charge in [-0.25, -0.2) is 0 Å². The van der Waals surface area contributed by atoms with E-state index in [0.29, 0.717) is 6.54 Å². The van der Waals surface area contributed by atoms with Crippen LogP contribution < -0.4 is 5.73 Å². The van der Waals surface area contributed by atoms with E-state index in [4.69, 9.17) is 5.73 Å². The van der Waals surface area contributed by atoms with Crippen LogP contribution in [0.2, 0.25) is 0 Å². The smallest absolute Gasteiger partial charge is 0.165 e. The number of rotatable bonds is 4. The summed E-state index contributed by atoms with van der Waals surface area (Å²) in [4.78, 5) is 12.3. The SMILES string of the molecule is CCC(C)(CN)C(=O)C1=CCCCCC1. The minimum absolute atomic E-state index is 0.286. The van der Waals surface area contributed by atoms with Crippen LogP contribution in [-0.2, 0) is 4.79 Å². The Hall–Kier alpha value is -0.630. The van der Waals surface area contributed by atoms with Crippen LogP contribution in [0.3, 0.4) is 0 Å². The molecular formula is C13H23NO. The van der Waals surface area contributed by atoms with E-state index in [1.807, 2.05) is 13.8 Å². The second kappa shape index (κ2) is 5.45. The Morgan fingerprint density at radius 1 is 1.47 bits per heavy atom. The van der Waals surface area contributed by atoms with Crippen molar-refractivity contribution in [2.45, 2.75) is 52.4 Å². The van der Waals surface area contributed by atoms with Crippen LogP contribution in [0.1, 0.15) is 52.4 Å². The average molecular weight is 209 g/mol.